The summed E-state index contributed by atoms with van der Waals surface area (Å²) in [6.45, 7) is 9.93. The van der Waals surface area contributed by atoms with Gasteiger partial charge in [-0.25, -0.2) is 4.68 Å². The molecule has 5 heteroatoms. The molecule has 1 aromatic heterocycles. The van der Waals surface area contributed by atoms with Crippen molar-refractivity contribution >= 4 is 5.82 Å². The molecule has 0 amide bonds. The highest BCUT2D eigenvalue weighted by Gasteiger charge is 2.18. The fourth-order valence-electron chi connectivity index (χ4n) is 4.19. The van der Waals surface area contributed by atoms with Crippen molar-refractivity contribution < 1.29 is 0 Å². The first-order valence-corrected chi connectivity index (χ1v) is 10.0. The van der Waals surface area contributed by atoms with Crippen LogP contribution in [0.4, 0.5) is 5.82 Å². The van der Waals surface area contributed by atoms with Gasteiger partial charge in [-0.3, -0.25) is 4.90 Å². The molecule has 3 heterocycles. The molecule has 1 saturated heterocycles. The standard InChI is InChI=1S/C21H31N5/c1-17-3-2-10-25(14-17)15-19-6-4-18(5-7-19)11-22-12-20-13-23-21-8-9-24-26(21)16-20/h4-9,17,20,22-23H,2-3,10-16H2,1H3. The molecule has 2 aliphatic rings. The number of nitrogens with zero attached hydrogens (tertiary/aromatic N) is 3. The molecule has 0 radical (unpaired) electrons. The molecule has 5 nitrogen and oxygen atoms in total. The first kappa shape index (κ1) is 17.6. The van der Waals surface area contributed by atoms with Crippen molar-refractivity contribution in [2.24, 2.45) is 11.8 Å². The summed E-state index contributed by atoms with van der Waals surface area (Å²) in [5, 5.41) is 11.4. The molecule has 2 unspecified atom stereocenters. The Kier molecular flexibility index (Phi) is 5.56. The highest BCUT2D eigenvalue weighted by Crippen LogP contribution is 2.18. The van der Waals surface area contributed by atoms with Crippen LogP contribution in [0.5, 0.6) is 0 Å². The molecule has 0 bridgehead atoms. The Morgan fingerprint density at radius 3 is 2.85 bits per heavy atom. The number of likely N-dealkylation sites (tertiary alicyclic amines) is 1. The van der Waals surface area contributed by atoms with Gasteiger partial charge in [-0.2, -0.15) is 5.10 Å². The lowest BCUT2D eigenvalue weighted by Gasteiger charge is -2.30. The van der Waals surface area contributed by atoms with Gasteiger partial charge in [-0.1, -0.05) is 31.2 Å². The largest absolute Gasteiger partial charge is 0.370 e. The summed E-state index contributed by atoms with van der Waals surface area (Å²) in [5.74, 6) is 2.57. The second-order valence-corrected chi connectivity index (χ2v) is 8.08. The maximum Gasteiger partial charge on any atom is 0.124 e. The van der Waals surface area contributed by atoms with Crippen LogP contribution < -0.4 is 10.6 Å². The van der Waals surface area contributed by atoms with E-state index in [1.807, 2.05) is 12.3 Å². The van der Waals surface area contributed by atoms with Crippen molar-refractivity contribution in [1.29, 1.82) is 0 Å². The number of fused-ring (bicyclic) bond motifs is 1. The number of benzene rings is 1. The van der Waals surface area contributed by atoms with Crippen molar-refractivity contribution in [3.05, 3.63) is 47.7 Å². The normalized spacial score (nSPS) is 23.4. The Labute approximate surface area is 156 Å². The molecule has 2 N–H and O–H groups in total. The second kappa shape index (κ2) is 8.23. The van der Waals surface area contributed by atoms with E-state index in [4.69, 9.17) is 0 Å². The van der Waals surface area contributed by atoms with Crippen LogP contribution in [-0.4, -0.2) is 40.9 Å². The van der Waals surface area contributed by atoms with Crippen LogP contribution in [-0.2, 0) is 19.6 Å². The van der Waals surface area contributed by atoms with Crippen LogP contribution in [0, 0.1) is 11.8 Å². The summed E-state index contributed by atoms with van der Waals surface area (Å²) in [7, 11) is 0. The highest BCUT2D eigenvalue weighted by molar-refractivity contribution is 5.35. The zero-order valence-electron chi connectivity index (χ0n) is 15.8. The molecule has 140 valence electrons. The van der Waals surface area contributed by atoms with Crippen molar-refractivity contribution in [3.8, 4) is 0 Å². The van der Waals surface area contributed by atoms with E-state index in [-0.39, 0.29) is 0 Å². The maximum atomic E-state index is 4.36. The van der Waals surface area contributed by atoms with Crippen LogP contribution in [0.2, 0.25) is 0 Å². The third-order valence-electron chi connectivity index (χ3n) is 5.65. The zero-order valence-corrected chi connectivity index (χ0v) is 15.8. The van der Waals surface area contributed by atoms with Crippen molar-refractivity contribution in [1.82, 2.24) is 20.0 Å². The molecule has 2 atom stereocenters. The third kappa shape index (κ3) is 4.46. The van der Waals surface area contributed by atoms with Crippen LogP contribution >= 0.6 is 0 Å². The third-order valence-corrected chi connectivity index (χ3v) is 5.65. The van der Waals surface area contributed by atoms with E-state index in [1.165, 1.54) is 37.1 Å². The van der Waals surface area contributed by atoms with Crippen LogP contribution in [0.3, 0.4) is 0 Å². The van der Waals surface area contributed by atoms with E-state index < -0.39 is 0 Å². The molecule has 1 fully saturated rings. The van der Waals surface area contributed by atoms with Crippen LogP contribution in [0.25, 0.3) is 0 Å². The number of hydrogen-bond donors (Lipinski definition) is 2. The van der Waals surface area contributed by atoms with Crippen molar-refractivity contribution in [2.75, 3.05) is 31.5 Å². The summed E-state index contributed by atoms with van der Waals surface area (Å²) in [4.78, 5) is 2.60. The molecule has 4 rings (SSSR count). The number of hydrogen-bond acceptors (Lipinski definition) is 4. The zero-order chi connectivity index (χ0) is 17.8. The number of nitrogens with one attached hydrogen (secondary N) is 2. The summed E-state index contributed by atoms with van der Waals surface area (Å²) in [6.07, 6.45) is 4.60. The van der Waals surface area contributed by atoms with Crippen LogP contribution in [0.15, 0.2) is 36.5 Å². The minimum absolute atomic E-state index is 0.586. The smallest absolute Gasteiger partial charge is 0.124 e. The Morgan fingerprint density at radius 2 is 2.00 bits per heavy atom. The Bertz CT molecular complexity index is 693. The van der Waals surface area contributed by atoms with Gasteiger partial charge >= 0.3 is 0 Å². The minimum atomic E-state index is 0.586. The number of aromatic nitrogens is 2. The molecule has 2 aliphatic heterocycles. The predicted octanol–water partition coefficient (Wildman–Crippen LogP) is 2.95. The molecule has 2 aromatic rings. The maximum absolute atomic E-state index is 4.36. The van der Waals surface area contributed by atoms with E-state index in [9.17, 15) is 0 Å². The van der Waals surface area contributed by atoms with Crippen LogP contribution in [0.1, 0.15) is 30.9 Å². The minimum Gasteiger partial charge on any atom is -0.370 e. The first-order chi connectivity index (χ1) is 12.8. The topological polar surface area (TPSA) is 45.1 Å². The fourth-order valence-corrected chi connectivity index (χ4v) is 4.19. The average molecular weight is 354 g/mol. The first-order valence-electron chi connectivity index (χ1n) is 10.0. The lowest BCUT2D eigenvalue weighted by molar-refractivity contribution is 0.176. The van der Waals surface area contributed by atoms with E-state index in [0.717, 1.165) is 44.5 Å². The summed E-state index contributed by atoms with van der Waals surface area (Å²) >= 11 is 0. The number of rotatable bonds is 6. The molecule has 0 spiro atoms. The Morgan fingerprint density at radius 1 is 1.15 bits per heavy atom. The van der Waals surface area contributed by atoms with E-state index in [1.54, 1.807) is 0 Å². The quantitative estimate of drug-likeness (QED) is 0.838. The van der Waals surface area contributed by atoms with Gasteiger partial charge in [0.25, 0.3) is 0 Å². The fraction of sp³-hybridized carbons (Fsp3) is 0.571. The SMILES string of the molecule is CC1CCCN(Cc2ccc(CNCC3CNc4ccnn4C3)cc2)C1. The molecule has 26 heavy (non-hydrogen) atoms. The summed E-state index contributed by atoms with van der Waals surface area (Å²) < 4.78 is 2.06. The monoisotopic (exact) mass is 353 g/mol. The number of anilines is 1. The van der Waals surface area contributed by atoms with E-state index >= 15 is 0 Å². The van der Waals surface area contributed by atoms with Crippen molar-refractivity contribution in [3.63, 3.8) is 0 Å². The molecule has 0 saturated carbocycles. The molecule has 1 aromatic carbocycles. The lowest BCUT2D eigenvalue weighted by Crippen LogP contribution is -2.35. The van der Waals surface area contributed by atoms with Gasteiger partial charge in [-0.05, 0) is 36.4 Å². The van der Waals surface area contributed by atoms with Gasteiger partial charge in [0.1, 0.15) is 5.82 Å². The average Bonchev–Trinajstić information content (AvgIpc) is 3.11. The van der Waals surface area contributed by atoms with Gasteiger partial charge < -0.3 is 10.6 Å². The van der Waals surface area contributed by atoms with Crippen molar-refractivity contribution in [2.45, 2.75) is 39.4 Å². The van der Waals surface area contributed by atoms with Gasteiger partial charge in [0, 0.05) is 51.3 Å². The molecular formula is C21H31N5. The number of piperidine rings is 1. The molecular weight excluding hydrogens is 322 g/mol. The lowest BCUT2D eigenvalue weighted by atomic mass is 9.99. The predicted molar refractivity (Wildman–Crippen MR) is 106 cm³/mol. The van der Waals surface area contributed by atoms with E-state index in [0.29, 0.717) is 5.92 Å². The van der Waals surface area contributed by atoms with Gasteiger partial charge in [0.15, 0.2) is 0 Å². The van der Waals surface area contributed by atoms with E-state index in [2.05, 4.69) is 56.5 Å². The summed E-state index contributed by atoms with van der Waals surface area (Å²) in [6, 6.07) is 11.2. The Hall–Kier alpha value is -1.85. The highest BCUT2D eigenvalue weighted by atomic mass is 15.3. The Balaban J connectivity index is 1.21. The van der Waals surface area contributed by atoms with Gasteiger partial charge in [-0.15, -0.1) is 0 Å². The second-order valence-electron chi connectivity index (χ2n) is 8.08. The summed E-state index contributed by atoms with van der Waals surface area (Å²) in [5.41, 5.74) is 2.80. The van der Waals surface area contributed by atoms with Gasteiger partial charge in [0.2, 0.25) is 0 Å². The molecule has 0 aliphatic carbocycles. The van der Waals surface area contributed by atoms with Gasteiger partial charge in [0.05, 0.1) is 6.20 Å².